The molecule has 27 heavy (non-hydrogen) atoms. The van der Waals surface area contributed by atoms with E-state index in [0.717, 1.165) is 24.1 Å². The number of aromatic nitrogens is 4. The third-order valence-corrected chi connectivity index (χ3v) is 4.78. The molecule has 7 nitrogen and oxygen atoms in total. The minimum absolute atomic E-state index is 0.128. The molecule has 138 valence electrons. The number of amides is 1. The number of rotatable bonds is 5. The van der Waals surface area contributed by atoms with E-state index in [1.54, 1.807) is 12.4 Å². The Kier molecular flexibility index (Phi) is 5.20. The van der Waals surface area contributed by atoms with Crippen LogP contribution in [0.2, 0.25) is 0 Å². The Hall–Kier alpha value is -3.06. The lowest BCUT2D eigenvalue weighted by Gasteiger charge is -2.30. The summed E-state index contributed by atoms with van der Waals surface area (Å²) in [6.45, 7) is 1.42. The Morgan fingerprint density at radius 3 is 2.67 bits per heavy atom. The number of hydrogen-bond acceptors (Lipinski definition) is 5. The number of carbonyl (C=O) groups excluding carboxylic acids is 1. The van der Waals surface area contributed by atoms with Gasteiger partial charge in [-0.2, -0.15) is 9.90 Å². The largest absolute Gasteiger partial charge is 0.381 e. The van der Waals surface area contributed by atoms with Crippen LogP contribution >= 0.6 is 0 Å². The van der Waals surface area contributed by atoms with Gasteiger partial charge < -0.3 is 10.1 Å². The lowest BCUT2D eigenvalue weighted by molar-refractivity contribution is 0.0512. The van der Waals surface area contributed by atoms with Gasteiger partial charge in [0, 0.05) is 25.6 Å². The van der Waals surface area contributed by atoms with Crippen molar-refractivity contribution < 1.29 is 9.53 Å². The minimum atomic E-state index is -0.238. The zero-order chi connectivity index (χ0) is 18.5. The first-order valence-electron chi connectivity index (χ1n) is 9.07. The van der Waals surface area contributed by atoms with Gasteiger partial charge >= 0.3 is 0 Å². The standard InChI is InChI=1S/C20H21N5O2/c26-20(18-14-22-25(24-18)17-6-2-1-3-7-17)23-19(15-8-11-27-12-9-15)16-5-4-10-21-13-16/h1-7,10,13-15,19H,8-9,11-12H2,(H,23,26)/t19-/m1/s1. The molecule has 0 radical (unpaired) electrons. The van der Waals surface area contributed by atoms with E-state index in [-0.39, 0.29) is 11.9 Å². The third-order valence-electron chi connectivity index (χ3n) is 4.78. The molecule has 1 saturated heterocycles. The molecule has 1 aliphatic rings. The Morgan fingerprint density at radius 1 is 1.11 bits per heavy atom. The van der Waals surface area contributed by atoms with Crippen molar-refractivity contribution in [3.05, 3.63) is 72.3 Å². The predicted molar refractivity (Wildman–Crippen MR) is 99.3 cm³/mol. The molecule has 3 aromatic rings. The molecule has 1 atom stereocenters. The zero-order valence-electron chi connectivity index (χ0n) is 14.9. The average Bonchev–Trinajstić information content (AvgIpc) is 3.24. The SMILES string of the molecule is O=C(N[C@@H](c1cccnc1)C1CCOCC1)c1cnn(-c2ccccc2)n1. The summed E-state index contributed by atoms with van der Waals surface area (Å²) >= 11 is 0. The van der Waals surface area contributed by atoms with E-state index in [2.05, 4.69) is 20.5 Å². The first kappa shape index (κ1) is 17.4. The van der Waals surface area contributed by atoms with E-state index in [1.165, 1.54) is 11.0 Å². The van der Waals surface area contributed by atoms with Gasteiger partial charge in [0.15, 0.2) is 5.69 Å². The predicted octanol–water partition coefficient (Wildman–Crippen LogP) is 2.56. The van der Waals surface area contributed by atoms with Crippen molar-refractivity contribution in [3.63, 3.8) is 0 Å². The van der Waals surface area contributed by atoms with Crippen LogP contribution < -0.4 is 5.32 Å². The Morgan fingerprint density at radius 2 is 1.93 bits per heavy atom. The molecule has 0 saturated carbocycles. The highest BCUT2D eigenvalue weighted by Gasteiger charge is 2.28. The van der Waals surface area contributed by atoms with Crippen LogP contribution in [0.15, 0.2) is 61.1 Å². The number of pyridine rings is 1. The molecule has 0 spiro atoms. The fourth-order valence-electron chi connectivity index (χ4n) is 3.35. The molecule has 1 aliphatic heterocycles. The highest BCUT2D eigenvalue weighted by molar-refractivity contribution is 5.92. The van der Waals surface area contributed by atoms with Crippen molar-refractivity contribution in [3.8, 4) is 5.69 Å². The maximum Gasteiger partial charge on any atom is 0.273 e. The van der Waals surface area contributed by atoms with Crippen LogP contribution in [-0.2, 0) is 4.74 Å². The van der Waals surface area contributed by atoms with Crippen molar-refractivity contribution >= 4 is 5.91 Å². The second kappa shape index (κ2) is 8.09. The lowest BCUT2D eigenvalue weighted by atomic mass is 9.87. The molecule has 7 heteroatoms. The summed E-state index contributed by atoms with van der Waals surface area (Å²) in [4.78, 5) is 18.5. The van der Waals surface area contributed by atoms with E-state index in [0.29, 0.717) is 24.8 Å². The van der Waals surface area contributed by atoms with Gasteiger partial charge in [0.2, 0.25) is 0 Å². The molecule has 4 rings (SSSR count). The van der Waals surface area contributed by atoms with Gasteiger partial charge in [-0.25, -0.2) is 0 Å². The van der Waals surface area contributed by atoms with Crippen LogP contribution in [0.1, 0.15) is 34.9 Å². The van der Waals surface area contributed by atoms with Crippen LogP contribution in [0.4, 0.5) is 0 Å². The summed E-state index contributed by atoms with van der Waals surface area (Å²) in [7, 11) is 0. The molecule has 0 unspecified atom stereocenters. The van der Waals surface area contributed by atoms with Gasteiger partial charge in [-0.1, -0.05) is 24.3 Å². The van der Waals surface area contributed by atoms with Crippen LogP contribution in [0, 0.1) is 5.92 Å². The van der Waals surface area contributed by atoms with Gasteiger partial charge in [-0.15, -0.1) is 5.10 Å². The van der Waals surface area contributed by atoms with Crippen molar-refractivity contribution in [2.24, 2.45) is 5.92 Å². The Bertz CT molecular complexity index is 876. The maximum absolute atomic E-state index is 12.8. The van der Waals surface area contributed by atoms with E-state index >= 15 is 0 Å². The number of carbonyl (C=O) groups is 1. The summed E-state index contributed by atoms with van der Waals surface area (Å²) < 4.78 is 5.47. The molecule has 1 fully saturated rings. The van der Waals surface area contributed by atoms with Gasteiger partial charge in [-0.3, -0.25) is 9.78 Å². The van der Waals surface area contributed by atoms with Crippen molar-refractivity contribution in [1.82, 2.24) is 25.3 Å². The van der Waals surface area contributed by atoms with E-state index in [1.807, 2.05) is 42.5 Å². The molecule has 0 aliphatic carbocycles. The summed E-state index contributed by atoms with van der Waals surface area (Å²) in [5, 5.41) is 11.7. The summed E-state index contributed by atoms with van der Waals surface area (Å²) in [5.41, 5.74) is 2.10. The van der Waals surface area contributed by atoms with Crippen molar-refractivity contribution in [2.75, 3.05) is 13.2 Å². The molecule has 1 N–H and O–H groups in total. The van der Waals surface area contributed by atoms with Crippen LogP contribution in [0.25, 0.3) is 5.69 Å². The number of benzene rings is 1. The third kappa shape index (κ3) is 4.03. The number of ether oxygens (including phenoxy) is 1. The van der Waals surface area contributed by atoms with Gasteiger partial charge in [0.25, 0.3) is 5.91 Å². The van der Waals surface area contributed by atoms with Crippen LogP contribution in [0.3, 0.4) is 0 Å². The average molecular weight is 363 g/mol. The molecule has 1 aromatic carbocycles. The van der Waals surface area contributed by atoms with Crippen LogP contribution in [0.5, 0.6) is 0 Å². The number of nitrogens with zero attached hydrogens (tertiary/aromatic N) is 4. The van der Waals surface area contributed by atoms with Gasteiger partial charge in [-0.05, 0) is 42.5 Å². The first-order valence-corrected chi connectivity index (χ1v) is 9.07. The number of para-hydroxylation sites is 1. The zero-order valence-corrected chi connectivity index (χ0v) is 14.9. The maximum atomic E-state index is 12.8. The Balaban J connectivity index is 1.54. The number of hydrogen-bond donors (Lipinski definition) is 1. The number of nitrogens with one attached hydrogen (secondary N) is 1. The van der Waals surface area contributed by atoms with E-state index in [4.69, 9.17) is 4.74 Å². The van der Waals surface area contributed by atoms with Gasteiger partial charge in [0.05, 0.1) is 17.9 Å². The summed E-state index contributed by atoms with van der Waals surface area (Å²) in [6.07, 6.45) is 6.83. The summed E-state index contributed by atoms with van der Waals surface area (Å²) in [5.74, 6) is 0.0635. The lowest BCUT2D eigenvalue weighted by Crippen LogP contribution is -2.36. The smallest absolute Gasteiger partial charge is 0.273 e. The highest BCUT2D eigenvalue weighted by Crippen LogP contribution is 2.30. The molecule has 2 aromatic heterocycles. The highest BCUT2D eigenvalue weighted by atomic mass is 16.5. The summed E-state index contributed by atoms with van der Waals surface area (Å²) in [6, 6.07) is 13.3. The Labute approximate surface area is 157 Å². The second-order valence-corrected chi connectivity index (χ2v) is 6.54. The van der Waals surface area contributed by atoms with E-state index in [9.17, 15) is 4.79 Å². The molecule has 0 bridgehead atoms. The monoisotopic (exact) mass is 363 g/mol. The fraction of sp³-hybridized carbons (Fsp3) is 0.300. The molecular formula is C20H21N5O2. The molecule has 3 heterocycles. The second-order valence-electron chi connectivity index (χ2n) is 6.54. The van der Waals surface area contributed by atoms with Crippen molar-refractivity contribution in [2.45, 2.75) is 18.9 Å². The van der Waals surface area contributed by atoms with Gasteiger partial charge in [0.1, 0.15) is 0 Å². The topological polar surface area (TPSA) is 81.9 Å². The van der Waals surface area contributed by atoms with Crippen molar-refractivity contribution in [1.29, 1.82) is 0 Å². The fourth-order valence-corrected chi connectivity index (χ4v) is 3.35. The first-order chi connectivity index (χ1) is 13.3. The molecule has 1 amide bonds. The molecular weight excluding hydrogens is 342 g/mol. The van der Waals surface area contributed by atoms with Crippen LogP contribution in [-0.4, -0.2) is 39.1 Å². The van der Waals surface area contributed by atoms with E-state index < -0.39 is 0 Å². The quantitative estimate of drug-likeness (QED) is 0.753. The minimum Gasteiger partial charge on any atom is -0.381 e. The normalized spacial score (nSPS) is 16.0.